The fourth-order valence-corrected chi connectivity index (χ4v) is 11.3. The third-order valence-electron chi connectivity index (χ3n) is 14.7. The highest BCUT2D eigenvalue weighted by molar-refractivity contribution is 7.99. The van der Waals surface area contributed by atoms with E-state index in [0.717, 1.165) is 55.9 Å². The lowest BCUT2D eigenvalue weighted by Crippen LogP contribution is -2.44. The van der Waals surface area contributed by atoms with Crippen molar-refractivity contribution < 1.29 is 47.7 Å². The molecule has 0 aromatic heterocycles. The Morgan fingerprint density at radius 1 is 0.553 bits per heavy atom. The minimum absolute atomic E-state index is 0.00688. The molecule has 0 saturated heterocycles. The second-order valence-corrected chi connectivity index (χ2v) is 25.4. The average molecular weight is 1080 g/mol. The summed E-state index contributed by atoms with van der Waals surface area (Å²) in [7, 11) is 0. The van der Waals surface area contributed by atoms with Crippen molar-refractivity contribution >= 4 is 47.5 Å². The number of carbonyl (C=O) groups is 6. The zero-order chi connectivity index (χ0) is 55.3. The Hall–Kier alpha value is -3.61. The van der Waals surface area contributed by atoms with Gasteiger partial charge >= 0.3 is 23.9 Å². The molecule has 2 aliphatic rings. The van der Waals surface area contributed by atoms with Gasteiger partial charge in [-0.15, -0.1) is 0 Å². The van der Waals surface area contributed by atoms with Crippen LogP contribution in [0.2, 0.25) is 0 Å². The van der Waals surface area contributed by atoms with E-state index in [1.807, 2.05) is 0 Å². The van der Waals surface area contributed by atoms with Crippen LogP contribution in [0, 0.1) is 11.8 Å². The monoisotopic (exact) mass is 1080 g/mol. The van der Waals surface area contributed by atoms with Gasteiger partial charge in [-0.3, -0.25) is 24.0 Å². The number of amides is 2. The standard InChI is InChI=1S/C63H106N2O10S/c1-62(2,3)74-59(69)44-43-55(61(71)75-63(4,5)6)65-60(70)53-41-39-52(40-42-53)47-64-56(66)45-46-76-49-54(73-58(68)38-30-20-16-12-8-10-14-18-24-32-51-35-27-22-28-36-51)48-72-57(67)37-29-19-15-11-7-9-13-17-23-31-50-33-25-21-26-34-50/h39-42,50-51,54-55H,7-38,43-49H2,1-6H3,(H,64,66)(H,65,70)/t54?,55-/m0/s1. The summed E-state index contributed by atoms with van der Waals surface area (Å²) in [5.74, 6) is 0.551. The minimum atomic E-state index is -1.06. The van der Waals surface area contributed by atoms with E-state index in [9.17, 15) is 28.8 Å². The summed E-state index contributed by atoms with van der Waals surface area (Å²) >= 11 is 1.49. The lowest BCUT2D eigenvalue weighted by Gasteiger charge is -2.25. The van der Waals surface area contributed by atoms with E-state index in [1.165, 1.54) is 166 Å². The van der Waals surface area contributed by atoms with Crippen molar-refractivity contribution in [1.29, 1.82) is 0 Å². The molecule has 0 spiro atoms. The van der Waals surface area contributed by atoms with Gasteiger partial charge in [-0.05, 0) is 90.3 Å². The molecule has 2 amide bonds. The van der Waals surface area contributed by atoms with Gasteiger partial charge in [-0.2, -0.15) is 11.8 Å². The first-order chi connectivity index (χ1) is 36.5. The number of benzene rings is 1. The molecule has 434 valence electrons. The van der Waals surface area contributed by atoms with Crippen LogP contribution in [0.5, 0.6) is 0 Å². The Morgan fingerprint density at radius 2 is 1.03 bits per heavy atom. The van der Waals surface area contributed by atoms with Crippen molar-refractivity contribution in [3.63, 3.8) is 0 Å². The van der Waals surface area contributed by atoms with Crippen LogP contribution in [0.1, 0.15) is 282 Å². The lowest BCUT2D eigenvalue weighted by atomic mass is 9.85. The zero-order valence-corrected chi connectivity index (χ0v) is 49.5. The molecule has 2 saturated carbocycles. The normalized spacial score (nSPS) is 15.3. The number of esters is 4. The van der Waals surface area contributed by atoms with Crippen LogP contribution in [-0.4, -0.2) is 77.2 Å². The topological polar surface area (TPSA) is 163 Å². The van der Waals surface area contributed by atoms with Gasteiger partial charge in [0.25, 0.3) is 5.91 Å². The Labute approximate surface area is 465 Å². The maximum absolute atomic E-state index is 13.2. The fourth-order valence-electron chi connectivity index (χ4n) is 10.4. The van der Waals surface area contributed by atoms with Gasteiger partial charge in [-0.25, -0.2) is 4.79 Å². The Kier molecular flexibility index (Phi) is 34.8. The lowest BCUT2D eigenvalue weighted by molar-refractivity contribution is -0.158. The smallest absolute Gasteiger partial charge is 0.329 e. The summed E-state index contributed by atoms with van der Waals surface area (Å²) in [5.41, 5.74) is -0.389. The second kappa shape index (κ2) is 39.7. The first kappa shape index (κ1) is 66.7. The van der Waals surface area contributed by atoms with Crippen LogP contribution >= 0.6 is 11.8 Å². The number of ether oxygens (including phenoxy) is 4. The molecule has 0 radical (unpaired) electrons. The molecule has 2 fully saturated rings. The SMILES string of the molecule is CC(C)(C)OC(=O)CC[C@H](NC(=O)c1ccc(CNC(=O)CCSCC(COC(=O)CCCCCCCCCCCC2CCCCC2)OC(=O)CCCCCCCCCCCC2CCCCC2)cc1)C(=O)OC(C)(C)C. The number of rotatable bonds is 40. The van der Waals surface area contributed by atoms with Gasteiger partial charge < -0.3 is 29.6 Å². The number of nitrogens with one attached hydrogen (secondary N) is 2. The Bertz CT molecular complexity index is 1760. The molecule has 3 rings (SSSR count). The average Bonchev–Trinajstić information content (AvgIpc) is 3.37. The van der Waals surface area contributed by atoms with E-state index in [2.05, 4.69) is 10.6 Å². The number of carbonyl (C=O) groups excluding carboxylic acids is 6. The number of hydrogen-bond acceptors (Lipinski definition) is 11. The van der Waals surface area contributed by atoms with Crippen molar-refractivity contribution in [2.45, 2.75) is 296 Å². The summed E-state index contributed by atoms with van der Waals surface area (Å²) in [4.78, 5) is 77.4. The molecule has 1 aromatic rings. The predicted molar refractivity (Wildman–Crippen MR) is 308 cm³/mol. The van der Waals surface area contributed by atoms with E-state index in [0.29, 0.717) is 29.9 Å². The minimum Gasteiger partial charge on any atom is -0.462 e. The Morgan fingerprint density at radius 3 is 1.53 bits per heavy atom. The zero-order valence-electron chi connectivity index (χ0n) is 48.7. The molecule has 13 heteroatoms. The van der Waals surface area contributed by atoms with Gasteiger partial charge in [0, 0.05) is 49.3 Å². The van der Waals surface area contributed by atoms with E-state index < -0.39 is 41.2 Å². The summed E-state index contributed by atoms with van der Waals surface area (Å²) in [6.07, 6.45) is 39.0. The highest BCUT2D eigenvalue weighted by Gasteiger charge is 2.29. The van der Waals surface area contributed by atoms with Crippen molar-refractivity contribution in [1.82, 2.24) is 10.6 Å². The third-order valence-corrected chi connectivity index (χ3v) is 15.8. The van der Waals surface area contributed by atoms with Gasteiger partial charge in [0.05, 0.1) is 0 Å². The maximum atomic E-state index is 13.2. The van der Waals surface area contributed by atoms with E-state index >= 15 is 0 Å². The molecule has 1 unspecified atom stereocenters. The summed E-state index contributed by atoms with van der Waals surface area (Å²) < 4.78 is 22.5. The molecular weight excluding hydrogens is 977 g/mol. The highest BCUT2D eigenvalue weighted by Crippen LogP contribution is 2.29. The van der Waals surface area contributed by atoms with Gasteiger partial charge in [-0.1, -0.05) is 192 Å². The Balaban J connectivity index is 1.36. The molecule has 0 bridgehead atoms. The van der Waals surface area contributed by atoms with Crippen LogP contribution in [0.25, 0.3) is 0 Å². The second-order valence-electron chi connectivity index (χ2n) is 24.2. The van der Waals surface area contributed by atoms with Crippen LogP contribution in [0.3, 0.4) is 0 Å². The molecular formula is C63H106N2O10S. The van der Waals surface area contributed by atoms with Crippen LogP contribution in [-0.2, 0) is 49.5 Å². The first-order valence-electron chi connectivity index (χ1n) is 30.5. The molecule has 0 aliphatic heterocycles. The van der Waals surface area contributed by atoms with E-state index in [4.69, 9.17) is 18.9 Å². The maximum Gasteiger partial charge on any atom is 0.329 e. The summed E-state index contributed by atoms with van der Waals surface area (Å²) in [6.45, 7) is 10.7. The van der Waals surface area contributed by atoms with Gasteiger partial charge in [0.15, 0.2) is 0 Å². The van der Waals surface area contributed by atoms with Crippen molar-refractivity contribution in [2.75, 3.05) is 18.1 Å². The molecule has 2 N–H and O–H groups in total. The predicted octanol–water partition coefficient (Wildman–Crippen LogP) is 15.2. The molecule has 12 nitrogen and oxygen atoms in total. The van der Waals surface area contributed by atoms with E-state index in [1.54, 1.807) is 65.8 Å². The van der Waals surface area contributed by atoms with Crippen molar-refractivity contribution in [2.24, 2.45) is 11.8 Å². The largest absolute Gasteiger partial charge is 0.462 e. The summed E-state index contributed by atoms with van der Waals surface area (Å²) in [6, 6.07) is 5.63. The first-order valence-corrected chi connectivity index (χ1v) is 31.7. The van der Waals surface area contributed by atoms with Gasteiger partial charge in [0.2, 0.25) is 5.91 Å². The quantitative estimate of drug-likeness (QED) is 0.0365. The van der Waals surface area contributed by atoms with Crippen molar-refractivity contribution in [3.05, 3.63) is 35.4 Å². The van der Waals surface area contributed by atoms with Crippen LogP contribution < -0.4 is 10.6 Å². The number of unbranched alkanes of at least 4 members (excludes halogenated alkanes) is 16. The van der Waals surface area contributed by atoms with Gasteiger partial charge in [0.1, 0.15) is 30.0 Å². The number of thioether (sulfide) groups is 1. The molecule has 1 aromatic carbocycles. The third kappa shape index (κ3) is 35.0. The molecule has 2 aliphatic carbocycles. The summed E-state index contributed by atoms with van der Waals surface area (Å²) in [5, 5.41) is 5.64. The molecule has 0 heterocycles. The fraction of sp³-hybridized carbons (Fsp3) is 0.810. The van der Waals surface area contributed by atoms with Crippen molar-refractivity contribution in [3.8, 4) is 0 Å². The van der Waals surface area contributed by atoms with Crippen LogP contribution in [0.4, 0.5) is 0 Å². The molecule has 76 heavy (non-hydrogen) atoms. The van der Waals surface area contributed by atoms with Crippen LogP contribution in [0.15, 0.2) is 24.3 Å². The highest BCUT2D eigenvalue weighted by atomic mass is 32.2. The number of hydrogen-bond donors (Lipinski definition) is 2. The molecule has 2 atom stereocenters. The van der Waals surface area contributed by atoms with E-state index in [-0.39, 0.29) is 50.3 Å².